The number of halogens is 3. The molecule has 0 unspecified atom stereocenters. The summed E-state index contributed by atoms with van der Waals surface area (Å²) in [5.74, 6) is 0.377. The van der Waals surface area contributed by atoms with Crippen LogP contribution in [0.15, 0.2) is 24.3 Å². The van der Waals surface area contributed by atoms with Gasteiger partial charge in [0.1, 0.15) is 18.0 Å². The molecule has 0 radical (unpaired) electrons. The van der Waals surface area contributed by atoms with Crippen LogP contribution in [0.2, 0.25) is 0 Å². The van der Waals surface area contributed by atoms with Gasteiger partial charge in [-0.05, 0) is 30.2 Å². The van der Waals surface area contributed by atoms with Crippen molar-refractivity contribution in [2.24, 2.45) is 0 Å². The van der Waals surface area contributed by atoms with Crippen molar-refractivity contribution in [3.63, 3.8) is 0 Å². The fraction of sp³-hybridized carbons (Fsp3) is 0.471. The normalized spacial score (nSPS) is 11.6. The first-order valence-corrected chi connectivity index (χ1v) is 7.56. The van der Waals surface area contributed by atoms with Crippen molar-refractivity contribution in [3.8, 4) is 11.5 Å². The Morgan fingerprint density at radius 3 is 2.21 bits per heavy atom. The van der Waals surface area contributed by atoms with E-state index in [4.69, 9.17) is 9.47 Å². The van der Waals surface area contributed by atoms with Crippen molar-refractivity contribution in [1.82, 2.24) is 4.90 Å². The number of methoxy groups -OCH3 is 2. The fourth-order valence-corrected chi connectivity index (χ4v) is 2.03. The molecule has 1 rings (SSSR count). The van der Waals surface area contributed by atoms with E-state index in [2.05, 4.69) is 0 Å². The second kappa shape index (κ2) is 9.20. The van der Waals surface area contributed by atoms with Crippen LogP contribution in [0.5, 0.6) is 11.5 Å². The minimum absolute atomic E-state index is 0.0701. The Kier molecular flexibility index (Phi) is 7.61. The number of ether oxygens (including phenoxy) is 2. The Labute approximate surface area is 139 Å². The Bertz CT molecular complexity index is 548. The first-order valence-electron chi connectivity index (χ1n) is 7.56. The van der Waals surface area contributed by atoms with Crippen LogP contribution in [0, 0.1) is 0 Å². The molecule has 1 amide bonds. The van der Waals surface area contributed by atoms with E-state index in [1.54, 1.807) is 18.2 Å². The molecule has 0 aromatic heterocycles. The van der Waals surface area contributed by atoms with Crippen LogP contribution < -0.4 is 9.47 Å². The van der Waals surface area contributed by atoms with Gasteiger partial charge in [-0.1, -0.05) is 13.3 Å². The first kappa shape index (κ1) is 19.9. The van der Waals surface area contributed by atoms with Crippen molar-refractivity contribution in [2.75, 3.05) is 27.3 Å². The van der Waals surface area contributed by atoms with E-state index in [1.807, 2.05) is 6.92 Å². The lowest BCUT2D eigenvalue weighted by Gasteiger charge is -2.22. The number of carbonyl (C=O) groups excluding carboxylic acids is 1. The van der Waals surface area contributed by atoms with Crippen LogP contribution in [-0.4, -0.2) is 44.3 Å². The molecular formula is C17H22F3NO3. The Balaban J connectivity index is 2.90. The topological polar surface area (TPSA) is 38.8 Å². The number of carbonyl (C=O) groups is 1. The van der Waals surface area contributed by atoms with Crippen molar-refractivity contribution in [3.05, 3.63) is 29.8 Å². The Morgan fingerprint density at radius 2 is 1.75 bits per heavy atom. The Hall–Kier alpha value is -2.18. The van der Waals surface area contributed by atoms with E-state index in [1.165, 1.54) is 20.3 Å². The maximum absolute atomic E-state index is 12.6. The number of rotatable bonds is 8. The SMILES string of the molecule is CCCCN(CC(F)(F)F)C(=O)C=Cc1cc(OC)cc(OC)c1. The zero-order valence-corrected chi connectivity index (χ0v) is 14.0. The molecule has 1 aromatic carbocycles. The monoisotopic (exact) mass is 345 g/mol. The minimum Gasteiger partial charge on any atom is -0.497 e. The van der Waals surface area contributed by atoms with Gasteiger partial charge in [0, 0.05) is 18.7 Å². The number of hydrogen-bond acceptors (Lipinski definition) is 3. The largest absolute Gasteiger partial charge is 0.497 e. The number of amides is 1. The smallest absolute Gasteiger partial charge is 0.406 e. The fourth-order valence-electron chi connectivity index (χ4n) is 2.03. The lowest BCUT2D eigenvalue weighted by molar-refractivity contribution is -0.158. The maximum Gasteiger partial charge on any atom is 0.406 e. The van der Waals surface area contributed by atoms with Crippen molar-refractivity contribution < 1.29 is 27.4 Å². The summed E-state index contributed by atoms with van der Waals surface area (Å²) in [5, 5.41) is 0. The first-order chi connectivity index (χ1) is 11.3. The second-order valence-corrected chi connectivity index (χ2v) is 5.21. The third-order valence-corrected chi connectivity index (χ3v) is 3.26. The van der Waals surface area contributed by atoms with Gasteiger partial charge in [-0.3, -0.25) is 4.79 Å². The van der Waals surface area contributed by atoms with Gasteiger partial charge < -0.3 is 14.4 Å². The predicted octanol–water partition coefficient (Wildman–Crippen LogP) is 3.91. The molecule has 0 saturated carbocycles. The van der Waals surface area contributed by atoms with Gasteiger partial charge in [0.2, 0.25) is 5.91 Å². The molecule has 7 heteroatoms. The predicted molar refractivity (Wildman–Crippen MR) is 86.1 cm³/mol. The molecule has 0 N–H and O–H groups in total. The number of hydrogen-bond donors (Lipinski definition) is 0. The van der Waals surface area contributed by atoms with Crippen LogP contribution in [0.3, 0.4) is 0 Å². The summed E-state index contributed by atoms with van der Waals surface area (Å²) in [4.78, 5) is 12.9. The van der Waals surface area contributed by atoms with E-state index < -0.39 is 18.6 Å². The van der Waals surface area contributed by atoms with Crippen LogP contribution in [0.4, 0.5) is 13.2 Å². The highest BCUT2D eigenvalue weighted by atomic mass is 19.4. The van der Waals surface area contributed by atoms with Crippen molar-refractivity contribution in [2.45, 2.75) is 25.9 Å². The summed E-state index contributed by atoms with van der Waals surface area (Å²) in [6.45, 7) is 0.673. The highest BCUT2D eigenvalue weighted by Crippen LogP contribution is 2.23. The van der Waals surface area contributed by atoms with E-state index >= 15 is 0 Å². The lowest BCUT2D eigenvalue weighted by Crippen LogP contribution is -2.38. The highest BCUT2D eigenvalue weighted by molar-refractivity contribution is 5.92. The number of unbranched alkanes of at least 4 members (excludes halogenated alkanes) is 1. The minimum atomic E-state index is -4.42. The molecule has 0 fully saturated rings. The summed E-state index contributed by atoms with van der Waals surface area (Å²) in [5.41, 5.74) is 0.599. The molecular weight excluding hydrogens is 323 g/mol. The third-order valence-electron chi connectivity index (χ3n) is 3.26. The standard InChI is InChI=1S/C17H22F3NO3/c1-4-5-8-21(12-17(18,19)20)16(22)7-6-13-9-14(23-2)11-15(10-13)24-3/h6-7,9-11H,4-5,8,12H2,1-3H3. The average Bonchev–Trinajstić information content (AvgIpc) is 2.54. The van der Waals surface area contributed by atoms with E-state index in [-0.39, 0.29) is 6.54 Å². The highest BCUT2D eigenvalue weighted by Gasteiger charge is 2.32. The van der Waals surface area contributed by atoms with Crippen LogP contribution >= 0.6 is 0 Å². The van der Waals surface area contributed by atoms with Gasteiger partial charge >= 0.3 is 6.18 Å². The molecule has 0 saturated heterocycles. The number of alkyl halides is 3. The summed E-state index contributed by atoms with van der Waals surface area (Å²) in [6.07, 6.45) is -0.615. The van der Waals surface area contributed by atoms with E-state index in [0.717, 1.165) is 11.0 Å². The average molecular weight is 345 g/mol. The summed E-state index contributed by atoms with van der Waals surface area (Å²) >= 11 is 0. The van der Waals surface area contributed by atoms with E-state index in [0.29, 0.717) is 29.9 Å². The molecule has 0 atom stereocenters. The number of nitrogens with zero attached hydrogens (tertiary/aromatic N) is 1. The summed E-state index contributed by atoms with van der Waals surface area (Å²) < 4.78 is 48.0. The van der Waals surface area contributed by atoms with Crippen LogP contribution in [0.1, 0.15) is 25.3 Å². The van der Waals surface area contributed by atoms with Gasteiger partial charge in [-0.25, -0.2) is 0 Å². The third kappa shape index (κ3) is 6.93. The lowest BCUT2D eigenvalue weighted by atomic mass is 10.2. The molecule has 1 aromatic rings. The molecule has 0 aliphatic carbocycles. The van der Waals surface area contributed by atoms with Gasteiger partial charge in [0.25, 0.3) is 0 Å². The number of benzene rings is 1. The van der Waals surface area contributed by atoms with Gasteiger partial charge in [-0.15, -0.1) is 0 Å². The quantitative estimate of drug-likeness (QED) is 0.671. The molecule has 24 heavy (non-hydrogen) atoms. The van der Waals surface area contributed by atoms with Crippen molar-refractivity contribution in [1.29, 1.82) is 0 Å². The van der Waals surface area contributed by atoms with Crippen LogP contribution in [-0.2, 0) is 4.79 Å². The Morgan fingerprint density at radius 1 is 1.17 bits per heavy atom. The van der Waals surface area contributed by atoms with Gasteiger partial charge in [0.15, 0.2) is 0 Å². The molecule has 0 heterocycles. The maximum atomic E-state index is 12.6. The van der Waals surface area contributed by atoms with Gasteiger partial charge in [0.05, 0.1) is 14.2 Å². The molecule has 0 spiro atoms. The second-order valence-electron chi connectivity index (χ2n) is 5.21. The molecule has 0 bridgehead atoms. The molecule has 134 valence electrons. The van der Waals surface area contributed by atoms with Crippen molar-refractivity contribution >= 4 is 12.0 Å². The zero-order chi connectivity index (χ0) is 18.2. The van der Waals surface area contributed by atoms with E-state index in [9.17, 15) is 18.0 Å². The van der Waals surface area contributed by atoms with Crippen LogP contribution in [0.25, 0.3) is 6.08 Å². The molecule has 4 nitrogen and oxygen atoms in total. The summed E-state index contributed by atoms with van der Waals surface area (Å²) in [7, 11) is 2.98. The molecule has 0 aliphatic heterocycles. The zero-order valence-electron chi connectivity index (χ0n) is 14.0. The molecule has 0 aliphatic rings. The summed E-state index contributed by atoms with van der Waals surface area (Å²) in [6, 6.07) is 4.98. The van der Waals surface area contributed by atoms with Gasteiger partial charge in [-0.2, -0.15) is 13.2 Å².